The Hall–Kier alpha value is -1.02. The van der Waals surface area contributed by atoms with Crippen LogP contribution in [0.3, 0.4) is 0 Å². The van der Waals surface area contributed by atoms with Crippen LogP contribution in [0.1, 0.15) is 51.0 Å². The fourth-order valence-corrected chi connectivity index (χ4v) is 2.34. The molecule has 2 unspecified atom stereocenters. The molecule has 0 spiro atoms. The molecule has 17 heavy (non-hydrogen) atoms. The molecule has 0 aromatic heterocycles. The first-order chi connectivity index (χ1) is 8.16. The molecule has 2 nitrogen and oxygen atoms in total. The SMILES string of the molecule is CC(C)c1cccc(OC2CCCCC2O)c1. The summed E-state index contributed by atoms with van der Waals surface area (Å²) in [6.07, 6.45) is 3.79. The molecule has 0 saturated heterocycles. The first kappa shape index (κ1) is 12.4. The molecule has 0 radical (unpaired) electrons. The smallest absolute Gasteiger partial charge is 0.124 e. The number of benzene rings is 1. The number of rotatable bonds is 3. The first-order valence-corrected chi connectivity index (χ1v) is 6.61. The minimum Gasteiger partial charge on any atom is -0.488 e. The van der Waals surface area contributed by atoms with Crippen LogP contribution in [0.15, 0.2) is 24.3 Å². The van der Waals surface area contributed by atoms with Gasteiger partial charge in [-0.1, -0.05) is 32.4 Å². The lowest BCUT2D eigenvalue weighted by molar-refractivity contribution is 0.00683. The fourth-order valence-electron chi connectivity index (χ4n) is 2.34. The van der Waals surface area contributed by atoms with Crippen molar-refractivity contribution in [2.24, 2.45) is 0 Å². The van der Waals surface area contributed by atoms with Crippen LogP contribution in [-0.4, -0.2) is 17.3 Å². The van der Waals surface area contributed by atoms with E-state index in [2.05, 4.69) is 26.0 Å². The Balaban J connectivity index is 2.04. The highest BCUT2D eigenvalue weighted by Crippen LogP contribution is 2.26. The van der Waals surface area contributed by atoms with E-state index in [4.69, 9.17) is 4.74 Å². The zero-order valence-electron chi connectivity index (χ0n) is 10.7. The zero-order valence-corrected chi connectivity index (χ0v) is 10.7. The van der Waals surface area contributed by atoms with E-state index in [9.17, 15) is 5.11 Å². The van der Waals surface area contributed by atoms with Gasteiger partial charge in [0.05, 0.1) is 6.10 Å². The van der Waals surface area contributed by atoms with E-state index in [0.717, 1.165) is 31.4 Å². The van der Waals surface area contributed by atoms with E-state index in [1.165, 1.54) is 5.56 Å². The van der Waals surface area contributed by atoms with E-state index in [1.807, 2.05) is 12.1 Å². The molecule has 1 aliphatic rings. The quantitative estimate of drug-likeness (QED) is 0.867. The van der Waals surface area contributed by atoms with Crippen molar-refractivity contribution in [3.8, 4) is 5.75 Å². The van der Waals surface area contributed by atoms with Crippen molar-refractivity contribution < 1.29 is 9.84 Å². The summed E-state index contributed by atoms with van der Waals surface area (Å²) in [5.74, 6) is 1.40. The van der Waals surface area contributed by atoms with E-state index in [0.29, 0.717) is 5.92 Å². The van der Waals surface area contributed by atoms with E-state index in [-0.39, 0.29) is 12.2 Å². The third-order valence-electron chi connectivity index (χ3n) is 3.48. The van der Waals surface area contributed by atoms with Crippen LogP contribution >= 0.6 is 0 Å². The summed E-state index contributed by atoms with van der Waals surface area (Å²) in [5.41, 5.74) is 1.28. The number of aliphatic hydroxyl groups excluding tert-OH is 1. The molecule has 1 fully saturated rings. The molecular weight excluding hydrogens is 212 g/mol. The van der Waals surface area contributed by atoms with Gasteiger partial charge in [-0.3, -0.25) is 0 Å². The summed E-state index contributed by atoms with van der Waals surface area (Å²) in [6, 6.07) is 8.22. The normalized spacial score (nSPS) is 24.9. The molecule has 94 valence electrons. The van der Waals surface area contributed by atoms with Crippen molar-refractivity contribution in [3.05, 3.63) is 29.8 Å². The van der Waals surface area contributed by atoms with Crippen molar-refractivity contribution >= 4 is 0 Å². The van der Waals surface area contributed by atoms with Gasteiger partial charge in [-0.2, -0.15) is 0 Å². The highest BCUT2D eigenvalue weighted by molar-refractivity contribution is 5.30. The monoisotopic (exact) mass is 234 g/mol. The summed E-state index contributed by atoms with van der Waals surface area (Å²) >= 11 is 0. The molecule has 1 N–H and O–H groups in total. The number of ether oxygens (including phenoxy) is 1. The number of aliphatic hydroxyl groups is 1. The minimum atomic E-state index is -0.300. The van der Waals surface area contributed by atoms with Crippen LogP contribution in [0, 0.1) is 0 Å². The third kappa shape index (κ3) is 3.22. The Morgan fingerprint density at radius 2 is 2.00 bits per heavy atom. The van der Waals surface area contributed by atoms with Crippen molar-refractivity contribution in [2.45, 2.75) is 57.7 Å². The number of hydrogen-bond acceptors (Lipinski definition) is 2. The van der Waals surface area contributed by atoms with Crippen molar-refractivity contribution in [2.75, 3.05) is 0 Å². The molecule has 1 aliphatic carbocycles. The maximum atomic E-state index is 9.88. The van der Waals surface area contributed by atoms with Gasteiger partial charge >= 0.3 is 0 Å². The van der Waals surface area contributed by atoms with Gasteiger partial charge in [-0.25, -0.2) is 0 Å². The second-order valence-corrected chi connectivity index (χ2v) is 5.24. The van der Waals surface area contributed by atoms with Crippen LogP contribution in [0.5, 0.6) is 5.75 Å². The second kappa shape index (κ2) is 5.54. The standard InChI is InChI=1S/C15H22O2/c1-11(2)12-6-5-7-13(10-12)17-15-9-4-3-8-14(15)16/h5-7,10-11,14-16H,3-4,8-9H2,1-2H3. The fraction of sp³-hybridized carbons (Fsp3) is 0.600. The third-order valence-corrected chi connectivity index (χ3v) is 3.48. The van der Waals surface area contributed by atoms with Gasteiger partial charge in [0.15, 0.2) is 0 Å². The van der Waals surface area contributed by atoms with E-state index >= 15 is 0 Å². The van der Waals surface area contributed by atoms with Gasteiger partial charge in [-0.05, 0) is 42.9 Å². The van der Waals surface area contributed by atoms with Gasteiger partial charge in [0.1, 0.15) is 11.9 Å². The Morgan fingerprint density at radius 1 is 1.24 bits per heavy atom. The van der Waals surface area contributed by atoms with Gasteiger partial charge in [0.2, 0.25) is 0 Å². The molecule has 0 bridgehead atoms. The van der Waals surface area contributed by atoms with Crippen LogP contribution in [0.2, 0.25) is 0 Å². The van der Waals surface area contributed by atoms with Crippen molar-refractivity contribution in [1.82, 2.24) is 0 Å². The topological polar surface area (TPSA) is 29.5 Å². The molecule has 0 heterocycles. The van der Waals surface area contributed by atoms with Crippen LogP contribution in [0.4, 0.5) is 0 Å². The highest BCUT2D eigenvalue weighted by Gasteiger charge is 2.24. The summed E-state index contributed by atoms with van der Waals surface area (Å²) in [6.45, 7) is 4.35. The van der Waals surface area contributed by atoms with Gasteiger partial charge in [0.25, 0.3) is 0 Å². The highest BCUT2D eigenvalue weighted by atomic mass is 16.5. The van der Waals surface area contributed by atoms with Crippen LogP contribution in [0.25, 0.3) is 0 Å². The largest absolute Gasteiger partial charge is 0.488 e. The summed E-state index contributed by atoms with van der Waals surface area (Å²) in [5, 5.41) is 9.88. The lowest BCUT2D eigenvalue weighted by Crippen LogP contribution is -2.34. The molecule has 2 atom stereocenters. The molecule has 0 aliphatic heterocycles. The van der Waals surface area contributed by atoms with Gasteiger partial charge in [0, 0.05) is 0 Å². The Bertz CT molecular complexity index is 360. The summed E-state index contributed by atoms with van der Waals surface area (Å²) in [4.78, 5) is 0. The minimum absolute atomic E-state index is 0.0221. The van der Waals surface area contributed by atoms with E-state index in [1.54, 1.807) is 0 Å². The molecule has 2 heteroatoms. The second-order valence-electron chi connectivity index (χ2n) is 5.24. The zero-order chi connectivity index (χ0) is 12.3. The maximum absolute atomic E-state index is 9.88. The predicted octanol–water partition coefficient (Wildman–Crippen LogP) is 3.49. The molecule has 1 aromatic carbocycles. The Labute approximate surface area is 104 Å². The van der Waals surface area contributed by atoms with E-state index < -0.39 is 0 Å². The molecule has 1 aromatic rings. The maximum Gasteiger partial charge on any atom is 0.124 e. The average molecular weight is 234 g/mol. The van der Waals surface area contributed by atoms with Gasteiger partial charge in [-0.15, -0.1) is 0 Å². The van der Waals surface area contributed by atoms with Crippen LogP contribution < -0.4 is 4.74 Å². The Kier molecular flexibility index (Phi) is 4.06. The Morgan fingerprint density at radius 3 is 2.71 bits per heavy atom. The molecule has 0 amide bonds. The average Bonchev–Trinajstić information content (AvgIpc) is 2.32. The van der Waals surface area contributed by atoms with Crippen molar-refractivity contribution in [1.29, 1.82) is 0 Å². The first-order valence-electron chi connectivity index (χ1n) is 6.61. The lowest BCUT2D eigenvalue weighted by atomic mass is 9.95. The summed E-state index contributed by atoms with van der Waals surface area (Å²) < 4.78 is 5.91. The predicted molar refractivity (Wildman–Crippen MR) is 69.4 cm³/mol. The lowest BCUT2D eigenvalue weighted by Gasteiger charge is -2.28. The molecular formula is C15H22O2. The number of hydrogen-bond donors (Lipinski definition) is 1. The van der Waals surface area contributed by atoms with Crippen molar-refractivity contribution in [3.63, 3.8) is 0 Å². The van der Waals surface area contributed by atoms with Gasteiger partial charge < -0.3 is 9.84 Å². The molecule has 1 saturated carbocycles. The summed E-state index contributed by atoms with van der Waals surface area (Å²) in [7, 11) is 0. The molecule has 2 rings (SSSR count). The van der Waals surface area contributed by atoms with Crippen LogP contribution in [-0.2, 0) is 0 Å².